The van der Waals surface area contributed by atoms with Gasteiger partial charge in [0, 0.05) is 5.92 Å². The van der Waals surface area contributed by atoms with Crippen molar-refractivity contribution in [3.8, 4) is 0 Å². The fourth-order valence-corrected chi connectivity index (χ4v) is 3.93. The summed E-state index contributed by atoms with van der Waals surface area (Å²) in [6, 6.07) is 0. The molecule has 0 saturated heterocycles. The Labute approximate surface area is 91.1 Å². The van der Waals surface area contributed by atoms with Crippen molar-refractivity contribution in [2.24, 2.45) is 17.8 Å². The molecule has 0 heteroatoms. The molecular formula is C15H16. The van der Waals surface area contributed by atoms with Gasteiger partial charge in [-0.2, -0.15) is 0 Å². The first-order valence-corrected chi connectivity index (χ1v) is 6.21. The fourth-order valence-electron chi connectivity index (χ4n) is 3.93. The molecule has 2 saturated carbocycles. The van der Waals surface area contributed by atoms with Crippen LogP contribution in [0.3, 0.4) is 0 Å². The Morgan fingerprint density at radius 2 is 2.20 bits per heavy atom. The Morgan fingerprint density at radius 3 is 3.20 bits per heavy atom. The molecule has 0 spiro atoms. The fraction of sp³-hybridized carbons (Fsp3) is 0.467. The number of hydrogen-bond donors (Lipinski definition) is 0. The van der Waals surface area contributed by atoms with E-state index < -0.39 is 0 Å². The van der Waals surface area contributed by atoms with Crippen LogP contribution in [0.5, 0.6) is 0 Å². The normalized spacial score (nSPS) is 40.5. The first-order chi connectivity index (χ1) is 7.42. The molecule has 0 amide bonds. The lowest BCUT2D eigenvalue weighted by molar-refractivity contribution is 0.467. The molecule has 2 fully saturated rings. The molecule has 4 aliphatic rings. The van der Waals surface area contributed by atoms with E-state index in [0.717, 1.165) is 24.2 Å². The van der Waals surface area contributed by atoms with E-state index in [4.69, 9.17) is 0 Å². The van der Waals surface area contributed by atoms with Crippen molar-refractivity contribution < 1.29 is 0 Å². The topological polar surface area (TPSA) is 0 Å². The van der Waals surface area contributed by atoms with Crippen LogP contribution in [-0.2, 0) is 0 Å². The second-order valence-electron chi connectivity index (χ2n) is 5.39. The second-order valence-corrected chi connectivity index (χ2v) is 5.39. The van der Waals surface area contributed by atoms with Gasteiger partial charge in [0.15, 0.2) is 0 Å². The molecule has 3 unspecified atom stereocenters. The minimum absolute atomic E-state index is 0.822. The third-order valence-corrected chi connectivity index (χ3v) is 4.66. The molecule has 15 heavy (non-hydrogen) atoms. The second kappa shape index (κ2) is 2.75. The molecule has 0 aromatic heterocycles. The van der Waals surface area contributed by atoms with Crippen LogP contribution in [0.15, 0.2) is 47.1 Å². The smallest absolute Gasteiger partial charge is 0.00175 e. The number of rotatable bonds is 0. The minimum Gasteiger partial charge on any atom is -0.0801 e. The Kier molecular flexibility index (Phi) is 1.49. The van der Waals surface area contributed by atoms with E-state index in [1.165, 1.54) is 24.8 Å². The Balaban J connectivity index is 1.83. The summed E-state index contributed by atoms with van der Waals surface area (Å²) in [6.07, 6.45) is 17.4. The summed E-state index contributed by atoms with van der Waals surface area (Å²) in [4.78, 5) is 0. The Bertz CT molecular complexity index is 431. The zero-order valence-corrected chi connectivity index (χ0v) is 8.95. The maximum absolute atomic E-state index is 2.58. The third-order valence-electron chi connectivity index (χ3n) is 4.66. The van der Waals surface area contributed by atoms with Crippen molar-refractivity contribution in [2.75, 3.05) is 0 Å². The molecule has 3 atom stereocenters. The van der Waals surface area contributed by atoms with Crippen LogP contribution in [0.2, 0.25) is 0 Å². The quantitative estimate of drug-likeness (QED) is 0.553. The largest absolute Gasteiger partial charge is 0.0801 e. The Hall–Kier alpha value is -1.04. The zero-order chi connectivity index (χ0) is 9.83. The number of hydrogen-bond acceptors (Lipinski definition) is 0. The summed E-state index contributed by atoms with van der Waals surface area (Å²) in [6.45, 7) is 0. The average Bonchev–Trinajstić information content (AvgIpc) is 2.87. The van der Waals surface area contributed by atoms with Crippen molar-refractivity contribution in [3.63, 3.8) is 0 Å². The molecule has 0 nitrogen and oxygen atoms in total. The molecule has 2 bridgehead atoms. The van der Waals surface area contributed by atoms with Gasteiger partial charge in [0.1, 0.15) is 0 Å². The molecule has 0 heterocycles. The van der Waals surface area contributed by atoms with Crippen LogP contribution in [0, 0.1) is 17.8 Å². The van der Waals surface area contributed by atoms with Crippen LogP contribution in [0.4, 0.5) is 0 Å². The van der Waals surface area contributed by atoms with Gasteiger partial charge in [0.2, 0.25) is 0 Å². The van der Waals surface area contributed by atoms with E-state index >= 15 is 0 Å². The molecule has 4 aliphatic carbocycles. The summed E-state index contributed by atoms with van der Waals surface area (Å²) >= 11 is 0. The maximum atomic E-state index is 2.58. The highest BCUT2D eigenvalue weighted by molar-refractivity contribution is 5.53. The molecule has 0 N–H and O–H groups in total. The van der Waals surface area contributed by atoms with E-state index in [1.54, 1.807) is 11.1 Å². The lowest BCUT2D eigenvalue weighted by Crippen LogP contribution is -2.16. The predicted octanol–water partition coefficient (Wildman–Crippen LogP) is 3.79. The minimum atomic E-state index is 0.822. The van der Waals surface area contributed by atoms with Gasteiger partial charge in [-0.25, -0.2) is 0 Å². The number of fused-ring (bicyclic) bond motifs is 6. The summed E-state index contributed by atoms with van der Waals surface area (Å²) < 4.78 is 0. The van der Waals surface area contributed by atoms with Gasteiger partial charge in [0.25, 0.3) is 0 Å². The number of allylic oxidation sites excluding steroid dienone is 8. The zero-order valence-electron chi connectivity index (χ0n) is 8.95. The SMILES string of the molecule is C1=CCC2=CC3C(=CC2=C1)C1CCC3C1. The van der Waals surface area contributed by atoms with Crippen LogP contribution < -0.4 is 0 Å². The van der Waals surface area contributed by atoms with E-state index in [1.807, 2.05) is 0 Å². The first kappa shape index (κ1) is 8.15. The highest BCUT2D eigenvalue weighted by Crippen LogP contribution is 2.55. The van der Waals surface area contributed by atoms with E-state index in [9.17, 15) is 0 Å². The lowest BCUT2D eigenvalue weighted by Gasteiger charge is -2.28. The molecule has 0 radical (unpaired) electrons. The van der Waals surface area contributed by atoms with Gasteiger partial charge in [0.05, 0.1) is 0 Å². The molecule has 0 aliphatic heterocycles. The van der Waals surface area contributed by atoms with Crippen molar-refractivity contribution >= 4 is 0 Å². The van der Waals surface area contributed by atoms with Crippen molar-refractivity contribution in [1.29, 1.82) is 0 Å². The summed E-state index contributed by atoms with van der Waals surface area (Å²) in [5.41, 5.74) is 4.84. The predicted molar refractivity (Wildman–Crippen MR) is 62.3 cm³/mol. The molecule has 4 rings (SSSR count). The van der Waals surface area contributed by atoms with Gasteiger partial charge in [-0.1, -0.05) is 36.0 Å². The summed E-state index contributed by atoms with van der Waals surface area (Å²) in [5.74, 6) is 2.74. The van der Waals surface area contributed by atoms with Gasteiger partial charge in [-0.3, -0.25) is 0 Å². The van der Waals surface area contributed by atoms with Crippen molar-refractivity contribution in [2.45, 2.75) is 25.7 Å². The van der Waals surface area contributed by atoms with Crippen LogP contribution >= 0.6 is 0 Å². The average molecular weight is 196 g/mol. The van der Waals surface area contributed by atoms with Crippen molar-refractivity contribution in [3.05, 3.63) is 47.1 Å². The first-order valence-electron chi connectivity index (χ1n) is 6.21. The van der Waals surface area contributed by atoms with E-state index in [2.05, 4.69) is 30.4 Å². The molecule has 76 valence electrons. The van der Waals surface area contributed by atoms with Crippen molar-refractivity contribution in [1.82, 2.24) is 0 Å². The highest BCUT2D eigenvalue weighted by atomic mass is 14.5. The van der Waals surface area contributed by atoms with E-state index in [0.29, 0.717) is 0 Å². The molecule has 0 aromatic rings. The Morgan fingerprint density at radius 1 is 1.20 bits per heavy atom. The van der Waals surface area contributed by atoms with Gasteiger partial charge in [-0.05, 0) is 48.7 Å². The summed E-state index contributed by atoms with van der Waals surface area (Å²) in [7, 11) is 0. The van der Waals surface area contributed by atoms with Gasteiger partial charge < -0.3 is 0 Å². The van der Waals surface area contributed by atoms with Crippen LogP contribution in [-0.4, -0.2) is 0 Å². The molecular weight excluding hydrogens is 180 g/mol. The van der Waals surface area contributed by atoms with Crippen LogP contribution in [0.1, 0.15) is 25.7 Å². The molecule has 0 aromatic carbocycles. The van der Waals surface area contributed by atoms with E-state index in [-0.39, 0.29) is 0 Å². The monoisotopic (exact) mass is 196 g/mol. The summed E-state index contributed by atoms with van der Waals surface area (Å²) in [5, 5.41) is 0. The van der Waals surface area contributed by atoms with Gasteiger partial charge in [-0.15, -0.1) is 0 Å². The standard InChI is InChI=1S/C15H16/c1-2-4-11-9-15-13-6-5-12(7-13)14(15)8-10(11)3-1/h1-3,8-9,12-13,15H,4-7H2. The lowest BCUT2D eigenvalue weighted by atomic mass is 9.76. The van der Waals surface area contributed by atoms with Crippen LogP contribution in [0.25, 0.3) is 0 Å². The maximum Gasteiger partial charge on any atom is 0.00175 e. The van der Waals surface area contributed by atoms with Gasteiger partial charge >= 0.3 is 0 Å². The third kappa shape index (κ3) is 1.03. The highest BCUT2D eigenvalue weighted by Gasteiger charge is 2.43.